The van der Waals surface area contributed by atoms with E-state index < -0.39 is 6.04 Å². The number of carbonyl (C=O) groups excluding carboxylic acids is 2. The summed E-state index contributed by atoms with van der Waals surface area (Å²) in [4.78, 5) is 24.9. The molecule has 32 heavy (non-hydrogen) atoms. The smallest absolute Gasteiger partial charge is 0.236 e. The zero-order valence-electron chi connectivity index (χ0n) is 19.6. The zero-order chi connectivity index (χ0) is 23.5. The minimum Gasteiger partial charge on any atom is -0.493 e. The van der Waals surface area contributed by atoms with E-state index in [-0.39, 0.29) is 30.3 Å². The van der Waals surface area contributed by atoms with Crippen molar-refractivity contribution in [2.75, 3.05) is 13.2 Å². The lowest BCUT2D eigenvalue weighted by molar-refractivity contribution is -0.124. The summed E-state index contributed by atoms with van der Waals surface area (Å²) in [5.41, 5.74) is 7.49. The Kier molecular flexibility index (Phi) is 10.2. The van der Waals surface area contributed by atoms with Gasteiger partial charge < -0.3 is 21.1 Å². The molecule has 0 saturated heterocycles. The van der Waals surface area contributed by atoms with Crippen molar-refractivity contribution in [1.29, 1.82) is 0 Å². The van der Waals surface area contributed by atoms with Crippen molar-refractivity contribution in [1.82, 2.24) is 10.6 Å². The molecule has 0 aliphatic rings. The number of hydrogen-bond donors (Lipinski definition) is 3. The second-order valence-corrected chi connectivity index (χ2v) is 8.50. The maximum absolute atomic E-state index is 12.9. The average molecular weight is 440 g/mol. The van der Waals surface area contributed by atoms with Crippen molar-refractivity contribution in [3.8, 4) is 5.75 Å². The first-order valence-electron chi connectivity index (χ1n) is 11.4. The third-order valence-corrected chi connectivity index (χ3v) is 5.50. The second kappa shape index (κ2) is 12.9. The quantitative estimate of drug-likeness (QED) is 0.467. The summed E-state index contributed by atoms with van der Waals surface area (Å²) in [6.07, 6.45) is 2.27. The predicted molar refractivity (Wildman–Crippen MR) is 128 cm³/mol. The summed E-state index contributed by atoms with van der Waals surface area (Å²) >= 11 is 0. The monoisotopic (exact) mass is 439 g/mol. The number of amides is 2. The molecule has 6 nitrogen and oxygen atoms in total. The van der Waals surface area contributed by atoms with Gasteiger partial charge in [0.1, 0.15) is 5.75 Å². The van der Waals surface area contributed by atoms with E-state index in [2.05, 4.69) is 24.5 Å². The Morgan fingerprint density at radius 2 is 1.59 bits per heavy atom. The molecule has 0 aromatic heterocycles. The first-order valence-corrected chi connectivity index (χ1v) is 11.4. The van der Waals surface area contributed by atoms with E-state index in [1.807, 2.05) is 61.5 Å². The molecule has 1 unspecified atom stereocenters. The van der Waals surface area contributed by atoms with Crippen LogP contribution in [0.2, 0.25) is 0 Å². The van der Waals surface area contributed by atoms with Gasteiger partial charge in [-0.2, -0.15) is 0 Å². The Morgan fingerprint density at radius 3 is 2.19 bits per heavy atom. The standard InChI is InChI=1S/C26H37N3O3/c1-5-9-18(2)17-32-23-14-12-22(13-15-23)24(16-28-26(31)20(4)27)29-25(30)19(3)21-10-7-6-8-11-21/h6-8,10-15,18-20,24H,5,9,16-17,27H2,1-4H3,(H,28,31)(H,29,30)/t18?,19-,20-,24+/m0/s1. The van der Waals surface area contributed by atoms with E-state index >= 15 is 0 Å². The SMILES string of the molecule is CCCC(C)COc1ccc([C@@H](CNC(=O)[C@H](C)N)NC(=O)[C@@H](C)c2ccccc2)cc1. The highest BCUT2D eigenvalue weighted by Gasteiger charge is 2.21. The molecule has 4 atom stereocenters. The fourth-order valence-electron chi connectivity index (χ4n) is 3.42. The zero-order valence-corrected chi connectivity index (χ0v) is 19.6. The van der Waals surface area contributed by atoms with Gasteiger partial charge in [0, 0.05) is 6.54 Å². The van der Waals surface area contributed by atoms with E-state index in [0.717, 1.165) is 29.7 Å². The van der Waals surface area contributed by atoms with Gasteiger partial charge in [-0.25, -0.2) is 0 Å². The molecule has 0 bridgehead atoms. The normalized spacial score (nSPS) is 14.7. The molecule has 6 heteroatoms. The molecule has 0 aliphatic heterocycles. The number of benzene rings is 2. The minimum absolute atomic E-state index is 0.107. The van der Waals surface area contributed by atoms with Gasteiger partial charge in [-0.05, 0) is 49.4 Å². The van der Waals surface area contributed by atoms with E-state index in [9.17, 15) is 9.59 Å². The van der Waals surface area contributed by atoms with Crippen molar-refractivity contribution in [2.45, 2.75) is 58.5 Å². The summed E-state index contributed by atoms with van der Waals surface area (Å²) in [6, 6.07) is 16.3. The molecule has 4 N–H and O–H groups in total. The largest absolute Gasteiger partial charge is 0.493 e. The molecule has 2 aromatic carbocycles. The predicted octanol–water partition coefficient (Wildman–Crippen LogP) is 3.93. The van der Waals surface area contributed by atoms with Crippen molar-refractivity contribution >= 4 is 11.8 Å². The van der Waals surface area contributed by atoms with Gasteiger partial charge in [-0.1, -0.05) is 62.7 Å². The number of nitrogens with one attached hydrogen (secondary N) is 2. The third kappa shape index (κ3) is 8.00. The van der Waals surface area contributed by atoms with Crippen LogP contribution in [0.25, 0.3) is 0 Å². The van der Waals surface area contributed by atoms with Gasteiger partial charge in [-0.15, -0.1) is 0 Å². The number of ether oxygens (including phenoxy) is 1. The molecule has 0 spiro atoms. The molecule has 2 rings (SSSR count). The summed E-state index contributed by atoms with van der Waals surface area (Å²) in [5, 5.41) is 5.90. The van der Waals surface area contributed by atoms with Gasteiger partial charge in [0.05, 0.1) is 24.6 Å². The lowest BCUT2D eigenvalue weighted by Gasteiger charge is -2.23. The second-order valence-electron chi connectivity index (χ2n) is 8.50. The van der Waals surface area contributed by atoms with Crippen LogP contribution in [0.4, 0.5) is 0 Å². The molecular formula is C26H37N3O3. The maximum atomic E-state index is 12.9. The minimum atomic E-state index is -0.615. The van der Waals surface area contributed by atoms with Gasteiger partial charge in [0.25, 0.3) is 0 Å². The summed E-state index contributed by atoms with van der Waals surface area (Å²) in [7, 11) is 0. The number of rotatable bonds is 12. The van der Waals surface area contributed by atoms with Crippen LogP contribution in [0.1, 0.15) is 63.6 Å². The lowest BCUT2D eigenvalue weighted by Crippen LogP contribution is -2.44. The number of carbonyl (C=O) groups is 2. The third-order valence-electron chi connectivity index (χ3n) is 5.50. The maximum Gasteiger partial charge on any atom is 0.236 e. The van der Waals surface area contributed by atoms with Crippen LogP contribution >= 0.6 is 0 Å². The van der Waals surface area contributed by atoms with Gasteiger partial charge in [0.2, 0.25) is 11.8 Å². The Hall–Kier alpha value is -2.86. The molecule has 0 heterocycles. The number of nitrogens with two attached hydrogens (primary N) is 1. The fourth-order valence-corrected chi connectivity index (χ4v) is 3.42. The Balaban J connectivity index is 2.10. The first-order chi connectivity index (χ1) is 15.3. The topological polar surface area (TPSA) is 93.4 Å². The van der Waals surface area contributed by atoms with Crippen LogP contribution in [-0.4, -0.2) is 31.0 Å². The van der Waals surface area contributed by atoms with Crippen LogP contribution in [0.15, 0.2) is 54.6 Å². The Labute approximate surface area is 191 Å². The van der Waals surface area contributed by atoms with E-state index in [1.165, 1.54) is 0 Å². The first kappa shape index (κ1) is 25.4. The van der Waals surface area contributed by atoms with Crippen LogP contribution in [0.3, 0.4) is 0 Å². The van der Waals surface area contributed by atoms with E-state index in [0.29, 0.717) is 12.5 Å². The molecule has 2 aromatic rings. The molecule has 0 radical (unpaired) electrons. The van der Waals surface area contributed by atoms with Crippen LogP contribution in [0.5, 0.6) is 5.75 Å². The molecule has 0 saturated carbocycles. The summed E-state index contributed by atoms with van der Waals surface area (Å²) in [6.45, 7) is 8.78. The van der Waals surface area contributed by atoms with Crippen molar-refractivity contribution in [3.63, 3.8) is 0 Å². The highest BCUT2D eigenvalue weighted by molar-refractivity contribution is 5.84. The Bertz CT molecular complexity index is 837. The lowest BCUT2D eigenvalue weighted by atomic mass is 9.99. The van der Waals surface area contributed by atoms with Crippen molar-refractivity contribution in [2.24, 2.45) is 11.7 Å². The van der Waals surface area contributed by atoms with Crippen molar-refractivity contribution < 1.29 is 14.3 Å². The average Bonchev–Trinajstić information content (AvgIpc) is 2.80. The van der Waals surface area contributed by atoms with Gasteiger partial charge in [0.15, 0.2) is 0 Å². The highest BCUT2D eigenvalue weighted by Crippen LogP contribution is 2.21. The summed E-state index contributed by atoms with van der Waals surface area (Å²) in [5.74, 6) is 0.611. The number of hydrogen-bond acceptors (Lipinski definition) is 4. The molecule has 2 amide bonds. The Morgan fingerprint density at radius 1 is 0.938 bits per heavy atom. The van der Waals surface area contributed by atoms with Gasteiger partial charge in [-0.3, -0.25) is 9.59 Å². The molecule has 0 fully saturated rings. The summed E-state index contributed by atoms with van der Waals surface area (Å²) < 4.78 is 5.89. The van der Waals surface area contributed by atoms with E-state index in [1.54, 1.807) is 6.92 Å². The highest BCUT2D eigenvalue weighted by atomic mass is 16.5. The van der Waals surface area contributed by atoms with E-state index in [4.69, 9.17) is 10.5 Å². The fraction of sp³-hybridized carbons (Fsp3) is 0.462. The molecule has 174 valence electrons. The van der Waals surface area contributed by atoms with Crippen LogP contribution in [0, 0.1) is 5.92 Å². The van der Waals surface area contributed by atoms with Crippen LogP contribution < -0.4 is 21.1 Å². The van der Waals surface area contributed by atoms with Gasteiger partial charge >= 0.3 is 0 Å². The molecule has 0 aliphatic carbocycles. The van der Waals surface area contributed by atoms with Crippen molar-refractivity contribution in [3.05, 3.63) is 65.7 Å². The molecular weight excluding hydrogens is 402 g/mol. The van der Waals surface area contributed by atoms with Crippen LogP contribution in [-0.2, 0) is 9.59 Å².